The van der Waals surface area contributed by atoms with Crippen LogP contribution in [-0.4, -0.2) is 10.7 Å². The molecule has 1 N–H and O–H groups in total. The van der Waals surface area contributed by atoms with E-state index >= 15 is 0 Å². The van der Waals surface area contributed by atoms with Gasteiger partial charge in [-0.3, -0.25) is 0 Å². The molecule has 0 amide bonds. The number of rotatable bonds is 3. The molecular formula is C13H21NO. The zero-order valence-electron chi connectivity index (χ0n) is 9.63. The summed E-state index contributed by atoms with van der Waals surface area (Å²) < 4.78 is 0. The van der Waals surface area contributed by atoms with Gasteiger partial charge >= 0.3 is 0 Å². The lowest BCUT2D eigenvalue weighted by Gasteiger charge is -2.43. The molecule has 0 radical (unpaired) electrons. The van der Waals surface area contributed by atoms with E-state index in [1.165, 1.54) is 19.3 Å². The molecule has 2 saturated carbocycles. The molecule has 2 nitrogen and oxygen atoms in total. The second kappa shape index (κ2) is 3.79. The molecule has 0 aliphatic heterocycles. The van der Waals surface area contributed by atoms with Crippen LogP contribution in [0, 0.1) is 22.7 Å². The molecule has 1 atom stereocenters. The molecule has 15 heavy (non-hydrogen) atoms. The predicted molar refractivity (Wildman–Crippen MR) is 59.1 cm³/mol. The van der Waals surface area contributed by atoms with E-state index in [0.29, 0.717) is 5.92 Å². The van der Waals surface area contributed by atoms with Crippen LogP contribution in [0.15, 0.2) is 0 Å². The highest BCUT2D eigenvalue weighted by atomic mass is 16.3. The molecule has 2 aliphatic carbocycles. The van der Waals surface area contributed by atoms with Gasteiger partial charge in [-0.05, 0) is 32.1 Å². The normalized spacial score (nSPS) is 29.1. The van der Waals surface area contributed by atoms with Crippen LogP contribution >= 0.6 is 0 Å². The monoisotopic (exact) mass is 207 g/mol. The first-order valence-electron chi connectivity index (χ1n) is 6.23. The maximum absolute atomic E-state index is 10.6. The molecule has 2 fully saturated rings. The third-order valence-corrected chi connectivity index (χ3v) is 4.34. The Kier molecular flexibility index (Phi) is 2.77. The molecule has 2 rings (SSSR count). The Labute approximate surface area is 92.3 Å². The average molecular weight is 207 g/mol. The smallest absolute Gasteiger partial charge is 0.0857 e. The Balaban J connectivity index is 2.11. The highest BCUT2D eigenvalue weighted by Gasteiger charge is 2.49. The van der Waals surface area contributed by atoms with Crippen molar-refractivity contribution in [3.63, 3.8) is 0 Å². The van der Waals surface area contributed by atoms with Crippen LogP contribution in [0.4, 0.5) is 0 Å². The first kappa shape index (κ1) is 11.0. The van der Waals surface area contributed by atoms with E-state index < -0.39 is 11.0 Å². The van der Waals surface area contributed by atoms with Crippen molar-refractivity contribution >= 4 is 0 Å². The highest BCUT2D eigenvalue weighted by Crippen LogP contribution is 2.50. The van der Waals surface area contributed by atoms with Gasteiger partial charge in [-0.1, -0.05) is 32.1 Å². The largest absolute Gasteiger partial charge is 0.389 e. The lowest BCUT2D eigenvalue weighted by atomic mass is 9.63. The molecule has 0 saturated heterocycles. The maximum Gasteiger partial charge on any atom is 0.0857 e. The number of hydrogen-bond acceptors (Lipinski definition) is 2. The average Bonchev–Trinajstić information content (AvgIpc) is 3.02. The van der Waals surface area contributed by atoms with Crippen LogP contribution in [-0.2, 0) is 0 Å². The Morgan fingerprint density at radius 1 is 1.33 bits per heavy atom. The molecule has 0 aromatic rings. The molecule has 84 valence electrons. The summed E-state index contributed by atoms with van der Waals surface area (Å²) in [4.78, 5) is 0. The molecule has 0 aromatic heterocycles. The van der Waals surface area contributed by atoms with Crippen LogP contribution in [0.2, 0.25) is 0 Å². The maximum atomic E-state index is 10.6. The zero-order valence-corrected chi connectivity index (χ0v) is 9.63. The standard InChI is InChI=1S/C13H21NO/c1-12(15,9-11-5-6-11)13(10-14)7-3-2-4-8-13/h11,15H,2-9H2,1H3. The van der Waals surface area contributed by atoms with E-state index in [9.17, 15) is 10.4 Å². The number of nitriles is 1. The minimum atomic E-state index is -0.761. The molecular weight excluding hydrogens is 186 g/mol. The molecule has 0 heterocycles. The molecule has 2 aliphatic rings. The lowest BCUT2D eigenvalue weighted by molar-refractivity contribution is -0.0673. The summed E-state index contributed by atoms with van der Waals surface area (Å²) in [5.74, 6) is 0.687. The third kappa shape index (κ3) is 2.03. The van der Waals surface area contributed by atoms with Crippen LogP contribution in [0.3, 0.4) is 0 Å². The Hall–Kier alpha value is -0.550. The van der Waals surface area contributed by atoms with E-state index in [2.05, 4.69) is 6.07 Å². The van der Waals surface area contributed by atoms with Crippen molar-refractivity contribution < 1.29 is 5.11 Å². The van der Waals surface area contributed by atoms with Gasteiger partial charge in [-0.25, -0.2) is 0 Å². The summed E-state index contributed by atoms with van der Waals surface area (Å²) >= 11 is 0. The summed E-state index contributed by atoms with van der Waals surface area (Å²) in [6.45, 7) is 1.89. The quantitative estimate of drug-likeness (QED) is 0.773. The van der Waals surface area contributed by atoms with E-state index in [1.807, 2.05) is 6.92 Å². The van der Waals surface area contributed by atoms with E-state index in [-0.39, 0.29) is 0 Å². The molecule has 0 spiro atoms. The summed E-state index contributed by atoms with van der Waals surface area (Å²) in [5, 5.41) is 20.0. The fraction of sp³-hybridized carbons (Fsp3) is 0.923. The van der Waals surface area contributed by atoms with E-state index in [0.717, 1.165) is 32.1 Å². The number of nitrogens with zero attached hydrogens (tertiary/aromatic N) is 1. The minimum absolute atomic E-state index is 0.451. The molecule has 0 bridgehead atoms. The van der Waals surface area contributed by atoms with Gasteiger partial charge in [0.05, 0.1) is 17.1 Å². The van der Waals surface area contributed by atoms with E-state index in [1.54, 1.807) is 0 Å². The van der Waals surface area contributed by atoms with Crippen molar-refractivity contribution in [1.82, 2.24) is 0 Å². The highest BCUT2D eigenvalue weighted by molar-refractivity contribution is 5.11. The Morgan fingerprint density at radius 3 is 2.40 bits per heavy atom. The van der Waals surface area contributed by atoms with Crippen molar-refractivity contribution in [1.29, 1.82) is 5.26 Å². The van der Waals surface area contributed by atoms with Crippen LogP contribution in [0.25, 0.3) is 0 Å². The molecule has 1 unspecified atom stereocenters. The van der Waals surface area contributed by atoms with Crippen LogP contribution in [0.5, 0.6) is 0 Å². The van der Waals surface area contributed by atoms with Crippen LogP contribution in [0.1, 0.15) is 58.3 Å². The number of hydrogen-bond donors (Lipinski definition) is 1. The van der Waals surface area contributed by atoms with Gasteiger partial charge in [-0.15, -0.1) is 0 Å². The summed E-state index contributed by atoms with van der Waals surface area (Å²) in [5.41, 5.74) is -1.21. The van der Waals surface area contributed by atoms with Gasteiger partial charge in [0.2, 0.25) is 0 Å². The van der Waals surface area contributed by atoms with Gasteiger partial charge in [0, 0.05) is 0 Å². The number of aliphatic hydroxyl groups is 1. The van der Waals surface area contributed by atoms with Gasteiger partial charge in [0.1, 0.15) is 0 Å². The fourth-order valence-electron chi connectivity index (χ4n) is 3.01. The Bertz CT molecular complexity index is 267. The van der Waals surface area contributed by atoms with Gasteiger partial charge in [-0.2, -0.15) is 5.26 Å². The minimum Gasteiger partial charge on any atom is -0.389 e. The zero-order chi connectivity index (χ0) is 10.9. The summed E-state index contributed by atoms with van der Waals surface area (Å²) in [6, 6.07) is 2.44. The van der Waals surface area contributed by atoms with Gasteiger partial charge in [0.15, 0.2) is 0 Å². The summed E-state index contributed by atoms with van der Waals surface area (Å²) in [6.07, 6.45) is 8.55. The fourth-order valence-corrected chi connectivity index (χ4v) is 3.01. The van der Waals surface area contributed by atoms with Gasteiger partial charge < -0.3 is 5.11 Å². The Morgan fingerprint density at radius 2 is 1.93 bits per heavy atom. The molecule has 0 aromatic carbocycles. The van der Waals surface area contributed by atoms with Crippen molar-refractivity contribution in [2.24, 2.45) is 11.3 Å². The van der Waals surface area contributed by atoms with Crippen molar-refractivity contribution in [2.45, 2.75) is 63.9 Å². The second-order valence-corrected chi connectivity index (χ2v) is 5.68. The van der Waals surface area contributed by atoms with Crippen molar-refractivity contribution in [2.75, 3.05) is 0 Å². The lowest BCUT2D eigenvalue weighted by Crippen LogP contribution is -2.46. The first-order chi connectivity index (χ1) is 7.10. The summed E-state index contributed by atoms with van der Waals surface area (Å²) in [7, 11) is 0. The molecule has 2 heteroatoms. The topological polar surface area (TPSA) is 44.0 Å². The van der Waals surface area contributed by atoms with E-state index in [4.69, 9.17) is 0 Å². The van der Waals surface area contributed by atoms with Gasteiger partial charge in [0.25, 0.3) is 0 Å². The first-order valence-corrected chi connectivity index (χ1v) is 6.23. The van der Waals surface area contributed by atoms with Crippen molar-refractivity contribution in [3.05, 3.63) is 0 Å². The van der Waals surface area contributed by atoms with Crippen molar-refractivity contribution in [3.8, 4) is 6.07 Å². The second-order valence-electron chi connectivity index (χ2n) is 5.68. The SMILES string of the molecule is CC(O)(CC1CC1)C1(C#N)CCCCC1. The third-order valence-electron chi connectivity index (χ3n) is 4.34. The van der Waals surface area contributed by atoms with Crippen LogP contribution < -0.4 is 0 Å². The predicted octanol–water partition coefficient (Wildman–Crippen LogP) is 3.01.